The third-order valence-corrected chi connectivity index (χ3v) is 5.92. The van der Waals surface area contributed by atoms with E-state index in [1.54, 1.807) is 24.3 Å². The van der Waals surface area contributed by atoms with Gasteiger partial charge in [0, 0.05) is 29.6 Å². The number of carbonyl (C=O) groups is 2. The quantitative estimate of drug-likeness (QED) is 0.403. The molecule has 0 saturated carbocycles. The second kappa shape index (κ2) is 12.4. The largest absolute Gasteiger partial charge is 0.484 e. The zero-order chi connectivity index (χ0) is 24.5. The number of rotatable bonds is 10. The van der Waals surface area contributed by atoms with Crippen molar-refractivity contribution < 1.29 is 14.3 Å². The molecule has 0 fully saturated rings. The van der Waals surface area contributed by atoms with Gasteiger partial charge in [0.2, 0.25) is 5.91 Å². The summed E-state index contributed by atoms with van der Waals surface area (Å²) in [6.45, 7) is 4.18. The van der Waals surface area contributed by atoms with Gasteiger partial charge in [-0.25, -0.2) is 0 Å². The molecule has 1 N–H and O–H groups in total. The third kappa shape index (κ3) is 7.24. The van der Waals surface area contributed by atoms with Crippen molar-refractivity contribution in [2.75, 3.05) is 13.2 Å². The van der Waals surface area contributed by atoms with E-state index in [2.05, 4.69) is 5.32 Å². The highest BCUT2D eigenvalue weighted by Gasteiger charge is 2.31. The van der Waals surface area contributed by atoms with Crippen molar-refractivity contribution in [2.45, 2.75) is 32.9 Å². The van der Waals surface area contributed by atoms with Gasteiger partial charge in [-0.2, -0.15) is 0 Å². The van der Waals surface area contributed by atoms with Crippen LogP contribution >= 0.6 is 23.2 Å². The molecule has 34 heavy (non-hydrogen) atoms. The van der Waals surface area contributed by atoms with Crippen LogP contribution in [0.1, 0.15) is 23.6 Å². The predicted octanol–water partition coefficient (Wildman–Crippen LogP) is 5.46. The van der Waals surface area contributed by atoms with Crippen molar-refractivity contribution in [2.24, 2.45) is 0 Å². The van der Waals surface area contributed by atoms with E-state index in [0.29, 0.717) is 34.3 Å². The van der Waals surface area contributed by atoms with Crippen LogP contribution in [0.15, 0.2) is 72.8 Å². The summed E-state index contributed by atoms with van der Waals surface area (Å²) in [5, 5.41) is 3.79. The van der Waals surface area contributed by atoms with E-state index < -0.39 is 6.04 Å². The highest BCUT2D eigenvalue weighted by atomic mass is 35.5. The fourth-order valence-electron chi connectivity index (χ4n) is 3.61. The van der Waals surface area contributed by atoms with E-state index in [4.69, 9.17) is 27.9 Å². The van der Waals surface area contributed by atoms with E-state index in [1.807, 2.05) is 62.4 Å². The Kier molecular flexibility index (Phi) is 9.37. The summed E-state index contributed by atoms with van der Waals surface area (Å²) in [7, 11) is 0. The van der Waals surface area contributed by atoms with Crippen LogP contribution in [-0.2, 0) is 22.6 Å². The molecule has 3 rings (SSSR count). The molecule has 0 aromatic heterocycles. The van der Waals surface area contributed by atoms with Crippen LogP contribution in [0.3, 0.4) is 0 Å². The average molecular weight is 499 g/mol. The molecule has 178 valence electrons. The molecule has 0 saturated heterocycles. The summed E-state index contributed by atoms with van der Waals surface area (Å²) in [6, 6.07) is 21.5. The first-order chi connectivity index (χ1) is 16.4. The summed E-state index contributed by atoms with van der Waals surface area (Å²) >= 11 is 12.5. The molecular formula is C27H28Cl2N2O3. The van der Waals surface area contributed by atoms with Crippen LogP contribution in [0.25, 0.3) is 0 Å². The second-order valence-electron chi connectivity index (χ2n) is 7.96. The zero-order valence-corrected chi connectivity index (χ0v) is 20.8. The molecule has 0 heterocycles. The van der Waals surface area contributed by atoms with E-state index in [0.717, 1.165) is 11.1 Å². The molecule has 3 aromatic carbocycles. The Labute approximate surface area is 210 Å². The lowest BCUT2D eigenvalue weighted by Crippen LogP contribution is -2.51. The summed E-state index contributed by atoms with van der Waals surface area (Å²) in [5.74, 6) is 0.0375. The Balaban J connectivity index is 1.92. The zero-order valence-electron chi connectivity index (χ0n) is 19.3. The Morgan fingerprint density at radius 2 is 1.76 bits per heavy atom. The number of nitrogens with one attached hydrogen (secondary N) is 1. The number of amides is 2. The third-order valence-electron chi connectivity index (χ3n) is 5.33. The van der Waals surface area contributed by atoms with Gasteiger partial charge < -0.3 is 15.0 Å². The minimum absolute atomic E-state index is 0.140. The van der Waals surface area contributed by atoms with E-state index in [1.165, 1.54) is 4.90 Å². The van der Waals surface area contributed by atoms with E-state index in [9.17, 15) is 9.59 Å². The maximum absolute atomic E-state index is 13.5. The van der Waals surface area contributed by atoms with Crippen LogP contribution in [0, 0.1) is 6.92 Å². The molecular weight excluding hydrogens is 471 g/mol. The predicted molar refractivity (Wildman–Crippen MR) is 136 cm³/mol. The van der Waals surface area contributed by atoms with Gasteiger partial charge in [-0.15, -0.1) is 0 Å². The van der Waals surface area contributed by atoms with Crippen LogP contribution in [0.4, 0.5) is 0 Å². The standard InChI is InChI=1S/C27H28Cl2N2O3/c1-3-30-27(33)25(15-20-9-5-4-6-10-20)31(17-21-12-13-22(28)16-24(21)29)26(32)18-34-23-11-7-8-19(2)14-23/h4-14,16,25H,3,15,17-18H2,1-2H3,(H,30,33). The molecule has 0 aliphatic rings. The monoisotopic (exact) mass is 498 g/mol. The first-order valence-corrected chi connectivity index (χ1v) is 11.9. The Morgan fingerprint density at radius 3 is 2.44 bits per heavy atom. The van der Waals surface area contributed by atoms with E-state index in [-0.39, 0.29) is 25.0 Å². The van der Waals surface area contributed by atoms with Gasteiger partial charge in [0.25, 0.3) is 5.91 Å². The first-order valence-electron chi connectivity index (χ1n) is 11.1. The number of aryl methyl sites for hydroxylation is 1. The molecule has 0 bridgehead atoms. The molecule has 1 unspecified atom stereocenters. The van der Waals surface area contributed by atoms with Crippen LogP contribution < -0.4 is 10.1 Å². The maximum atomic E-state index is 13.5. The number of likely N-dealkylation sites (N-methyl/N-ethyl adjacent to an activating group) is 1. The van der Waals surface area contributed by atoms with Gasteiger partial charge in [0.05, 0.1) is 0 Å². The lowest BCUT2D eigenvalue weighted by Gasteiger charge is -2.31. The van der Waals surface area contributed by atoms with Crippen molar-refractivity contribution in [3.05, 3.63) is 99.5 Å². The molecule has 0 aliphatic carbocycles. The normalized spacial score (nSPS) is 11.5. The number of ether oxygens (including phenoxy) is 1. The maximum Gasteiger partial charge on any atom is 0.261 e. The molecule has 2 amide bonds. The summed E-state index contributed by atoms with van der Waals surface area (Å²) in [4.78, 5) is 28.1. The molecule has 0 radical (unpaired) electrons. The van der Waals surface area contributed by atoms with Gasteiger partial charge in [0.15, 0.2) is 6.61 Å². The van der Waals surface area contributed by atoms with Gasteiger partial charge in [-0.1, -0.05) is 71.7 Å². The van der Waals surface area contributed by atoms with Crippen LogP contribution in [0.2, 0.25) is 10.0 Å². The average Bonchev–Trinajstić information content (AvgIpc) is 2.82. The summed E-state index contributed by atoms with van der Waals surface area (Å²) < 4.78 is 5.78. The summed E-state index contributed by atoms with van der Waals surface area (Å²) in [6.07, 6.45) is 0.355. The number of hydrogen-bond acceptors (Lipinski definition) is 3. The lowest BCUT2D eigenvalue weighted by atomic mass is 10.0. The number of nitrogens with zero attached hydrogens (tertiary/aromatic N) is 1. The fraction of sp³-hybridized carbons (Fsp3) is 0.259. The minimum Gasteiger partial charge on any atom is -0.484 e. The molecule has 0 spiro atoms. The van der Waals surface area contributed by atoms with Crippen molar-refractivity contribution >= 4 is 35.0 Å². The van der Waals surface area contributed by atoms with Crippen LogP contribution in [0.5, 0.6) is 5.75 Å². The molecule has 5 nitrogen and oxygen atoms in total. The number of halogens is 2. The highest BCUT2D eigenvalue weighted by Crippen LogP contribution is 2.24. The Hall–Kier alpha value is -3.02. The summed E-state index contributed by atoms with van der Waals surface area (Å²) in [5.41, 5.74) is 2.66. The van der Waals surface area contributed by atoms with Gasteiger partial charge in [0.1, 0.15) is 11.8 Å². The van der Waals surface area contributed by atoms with Crippen molar-refractivity contribution in [1.29, 1.82) is 0 Å². The SMILES string of the molecule is CCNC(=O)C(Cc1ccccc1)N(Cc1ccc(Cl)cc1Cl)C(=O)COc1cccc(C)c1. The molecule has 3 aromatic rings. The smallest absolute Gasteiger partial charge is 0.261 e. The van der Waals surface area contributed by atoms with Crippen molar-refractivity contribution in [3.8, 4) is 5.75 Å². The first kappa shape index (κ1) is 25.6. The fourth-order valence-corrected chi connectivity index (χ4v) is 4.08. The molecule has 7 heteroatoms. The second-order valence-corrected chi connectivity index (χ2v) is 8.81. The van der Waals surface area contributed by atoms with E-state index >= 15 is 0 Å². The topological polar surface area (TPSA) is 58.6 Å². The van der Waals surface area contributed by atoms with Crippen molar-refractivity contribution in [3.63, 3.8) is 0 Å². The van der Waals surface area contributed by atoms with Gasteiger partial charge in [-0.05, 0) is 54.8 Å². The number of hydrogen-bond donors (Lipinski definition) is 1. The molecule has 1 atom stereocenters. The lowest BCUT2D eigenvalue weighted by molar-refractivity contribution is -0.142. The molecule has 0 aliphatic heterocycles. The Morgan fingerprint density at radius 1 is 1.00 bits per heavy atom. The number of benzene rings is 3. The Bertz CT molecular complexity index is 1120. The van der Waals surface area contributed by atoms with Crippen LogP contribution in [-0.4, -0.2) is 35.9 Å². The van der Waals surface area contributed by atoms with Gasteiger partial charge in [-0.3, -0.25) is 9.59 Å². The number of carbonyl (C=O) groups excluding carboxylic acids is 2. The van der Waals surface area contributed by atoms with Crippen molar-refractivity contribution in [1.82, 2.24) is 10.2 Å². The minimum atomic E-state index is -0.747. The van der Waals surface area contributed by atoms with Gasteiger partial charge >= 0.3 is 0 Å². The highest BCUT2D eigenvalue weighted by molar-refractivity contribution is 6.35.